The summed E-state index contributed by atoms with van der Waals surface area (Å²) < 4.78 is 5.52. The Kier molecular flexibility index (Phi) is 4.36. The van der Waals surface area contributed by atoms with Gasteiger partial charge in [-0.05, 0) is 20.0 Å². The van der Waals surface area contributed by atoms with Gasteiger partial charge in [0.05, 0.1) is 0 Å². The van der Waals surface area contributed by atoms with Crippen LogP contribution in [0.5, 0.6) is 0 Å². The monoisotopic (exact) mass is 192 g/mol. The van der Waals surface area contributed by atoms with Gasteiger partial charge in [0.25, 0.3) is 0 Å². The molecular formula is C7H16O2SSi. The molecule has 0 aromatic carbocycles. The lowest BCUT2D eigenvalue weighted by atomic mass is 10.5. The minimum absolute atomic E-state index is 0.0224. The summed E-state index contributed by atoms with van der Waals surface area (Å²) in [6.45, 7) is 8.59. The highest BCUT2D eigenvalue weighted by atomic mass is 32.1. The van der Waals surface area contributed by atoms with E-state index in [-0.39, 0.29) is 10.7 Å². The molecule has 0 bridgehead atoms. The van der Waals surface area contributed by atoms with Crippen LogP contribution in [0.25, 0.3) is 0 Å². The minimum Gasteiger partial charge on any atom is -0.417 e. The molecule has 0 aliphatic carbocycles. The molecule has 0 heterocycles. The molecule has 0 aromatic rings. The second-order valence-electron chi connectivity index (χ2n) is 3.10. The van der Waals surface area contributed by atoms with E-state index in [2.05, 4.69) is 12.6 Å². The van der Waals surface area contributed by atoms with E-state index in [0.717, 1.165) is 0 Å². The fourth-order valence-electron chi connectivity index (χ4n) is 0.794. The van der Waals surface area contributed by atoms with E-state index in [1.807, 2.05) is 26.9 Å². The van der Waals surface area contributed by atoms with Crippen LogP contribution in [0.3, 0.4) is 0 Å². The number of carbonyl (C=O) groups excluding carboxylic acids is 1. The summed E-state index contributed by atoms with van der Waals surface area (Å²) in [7, 11) is -1.80. The molecule has 4 heteroatoms. The predicted octanol–water partition coefficient (Wildman–Crippen LogP) is 2.07. The first-order valence-electron chi connectivity index (χ1n) is 3.78. The van der Waals surface area contributed by atoms with Crippen LogP contribution in [-0.4, -0.2) is 20.0 Å². The van der Waals surface area contributed by atoms with Gasteiger partial charge in [-0.25, -0.2) is 0 Å². The van der Waals surface area contributed by atoms with E-state index in [1.54, 1.807) is 0 Å². The Hall–Kier alpha value is 0.197. The van der Waals surface area contributed by atoms with Crippen molar-refractivity contribution in [3.05, 3.63) is 0 Å². The van der Waals surface area contributed by atoms with Gasteiger partial charge >= 0.3 is 0 Å². The van der Waals surface area contributed by atoms with Gasteiger partial charge in [0, 0.05) is 12.1 Å². The van der Waals surface area contributed by atoms with E-state index >= 15 is 0 Å². The lowest BCUT2D eigenvalue weighted by molar-refractivity contribution is -0.110. The zero-order chi connectivity index (χ0) is 9.07. The molecule has 2 nitrogen and oxygen atoms in total. The van der Waals surface area contributed by atoms with Gasteiger partial charge in [-0.2, -0.15) is 0 Å². The van der Waals surface area contributed by atoms with Gasteiger partial charge in [-0.1, -0.05) is 6.92 Å². The highest BCUT2D eigenvalue weighted by Gasteiger charge is 2.33. The molecule has 1 unspecified atom stereocenters. The van der Waals surface area contributed by atoms with Crippen molar-refractivity contribution in [3.63, 3.8) is 0 Å². The third kappa shape index (κ3) is 3.40. The second kappa shape index (κ2) is 4.28. The van der Waals surface area contributed by atoms with Crippen molar-refractivity contribution in [1.29, 1.82) is 0 Å². The maximum atomic E-state index is 10.9. The Morgan fingerprint density at radius 1 is 1.64 bits per heavy atom. The summed E-state index contributed by atoms with van der Waals surface area (Å²) in [5, 5.41) is -0.0601. The fourth-order valence-corrected chi connectivity index (χ4v) is 3.32. The number of rotatable bonds is 4. The molecular weight excluding hydrogens is 176 g/mol. The molecule has 0 radical (unpaired) electrons. The number of hydrogen-bond donors (Lipinski definition) is 1. The maximum Gasteiger partial charge on any atom is 0.197 e. The number of hydrogen-bond acceptors (Lipinski definition) is 2. The van der Waals surface area contributed by atoms with E-state index in [1.165, 1.54) is 0 Å². The Labute approximate surface area is 74.9 Å². The third-order valence-electron chi connectivity index (χ3n) is 1.93. The molecule has 66 valence electrons. The molecule has 0 aliphatic rings. The molecule has 11 heavy (non-hydrogen) atoms. The van der Waals surface area contributed by atoms with Gasteiger partial charge in [0.15, 0.2) is 13.4 Å². The topological polar surface area (TPSA) is 26.3 Å². The van der Waals surface area contributed by atoms with Crippen molar-refractivity contribution in [1.82, 2.24) is 0 Å². The van der Waals surface area contributed by atoms with Gasteiger partial charge in [-0.15, -0.1) is 12.6 Å². The normalized spacial score (nSPS) is 14.6. The first-order chi connectivity index (χ1) is 4.91. The minimum atomic E-state index is -1.80. The summed E-state index contributed by atoms with van der Waals surface area (Å²) in [4.78, 5) is 10.9. The Balaban J connectivity index is 4.16. The van der Waals surface area contributed by atoms with Crippen LogP contribution in [0, 0.1) is 0 Å². The first-order valence-corrected chi connectivity index (χ1v) is 7.22. The molecule has 0 spiro atoms. The molecule has 0 aliphatic heterocycles. The second-order valence-corrected chi connectivity index (χ2v) is 7.90. The van der Waals surface area contributed by atoms with Crippen LogP contribution in [0.1, 0.15) is 13.8 Å². The number of carbonyl (C=O) groups is 1. The summed E-state index contributed by atoms with van der Waals surface area (Å²) in [6, 6.07) is 0. The average Bonchev–Trinajstić information content (AvgIpc) is 1.86. The van der Waals surface area contributed by atoms with E-state index in [0.29, 0.717) is 6.61 Å². The van der Waals surface area contributed by atoms with Gasteiger partial charge in [0.1, 0.15) is 0 Å². The lowest BCUT2D eigenvalue weighted by Crippen LogP contribution is -2.37. The maximum absolute atomic E-state index is 10.9. The summed E-state index contributed by atoms with van der Waals surface area (Å²) in [5.74, 6) is 0. The molecule has 0 fully saturated rings. The standard InChI is InChI=1S/C7H16O2SSi/c1-5-9-11(3,4)6(2)7(8)10/h6H,5H2,1-4H3,(H,8,10). The smallest absolute Gasteiger partial charge is 0.197 e. The van der Waals surface area contributed by atoms with E-state index in [9.17, 15) is 4.79 Å². The zero-order valence-corrected chi connectivity index (χ0v) is 9.44. The first kappa shape index (κ1) is 11.2. The van der Waals surface area contributed by atoms with Crippen LogP contribution in [0.4, 0.5) is 0 Å². The SMILES string of the molecule is CCO[Si](C)(C)C(C)C(=O)S. The van der Waals surface area contributed by atoms with Crippen molar-refractivity contribution in [3.8, 4) is 0 Å². The average molecular weight is 192 g/mol. The van der Waals surface area contributed by atoms with Crippen LogP contribution in [0.2, 0.25) is 18.6 Å². The van der Waals surface area contributed by atoms with Crippen LogP contribution < -0.4 is 0 Å². The Morgan fingerprint density at radius 3 is 2.36 bits per heavy atom. The van der Waals surface area contributed by atoms with Crippen LogP contribution >= 0.6 is 12.6 Å². The number of thiol groups is 1. The zero-order valence-electron chi connectivity index (χ0n) is 7.55. The molecule has 0 saturated heterocycles. The quantitative estimate of drug-likeness (QED) is 0.545. The molecule has 1 atom stereocenters. The summed E-state index contributed by atoms with van der Waals surface area (Å²) >= 11 is 3.80. The largest absolute Gasteiger partial charge is 0.417 e. The molecule has 0 saturated carbocycles. The van der Waals surface area contributed by atoms with Crippen molar-refractivity contribution in [2.24, 2.45) is 0 Å². The van der Waals surface area contributed by atoms with Crippen molar-refractivity contribution < 1.29 is 9.22 Å². The fraction of sp³-hybridized carbons (Fsp3) is 0.857. The molecule has 0 rings (SSSR count). The Bertz CT molecular complexity index is 147. The van der Waals surface area contributed by atoms with Gasteiger partial charge < -0.3 is 4.43 Å². The summed E-state index contributed by atoms with van der Waals surface area (Å²) in [6.07, 6.45) is 0. The van der Waals surface area contributed by atoms with Crippen molar-refractivity contribution in [2.45, 2.75) is 32.5 Å². The highest BCUT2D eigenvalue weighted by Crippen LogP contribution is 2.24. The van der Waals surface area contributed by atoms with Crippen LogP contribution in [-0.2, 0) is 9.22 Å². The molecule has 0 amide bonds. The predicted molar refractivity (Wildman–Crippen MR) is 52.5 cm³/mol. The van der Waals surface area contributed by atoms with Crippen LogP contribution in [0.15, 0.2) is 0 Å². The molecule has 0 aromatic heterocycles. The van der Waals surface area contributed by atoms with Crippen molar-refractivity contribution >= 4 is 26.1 Å². The Morgan fingerprint density at radius 2 is 2.09 bits per heavy atom. The van der Waals surface area contributed by atoms with E-state index in [4.69, 9.17) is 4.43 Å². The summed E-state index contributed by atoms with van der Waals surface area (Å²) in [5.41, 5.74) is -0.0224. The van der Waals surface area contributed by atoms with Gasteiger partial charge in [0.2, 0.25) is 0 Å². The van der Waals surface area contributed by atoms with E-state index < -0.39 is 8.32 Å². The third-order valence-corrected chi connectivity index (χ3v) is 5.94. The van der Waals surface area contributed by atoms with Gasteiger partial charge in [-0.3, -0.25) is 4.79 Å². The molecule has 0 N–H and O–H groups in total. The van der Waals surface area contributed by atoms with Crippen molar-refractivity contribution in [2.75, 3.05) is 6.61 Å². The highest BCUT2D eigenvalue weighted by molar-refractivity contribution is 7.97. The lowest BCUT2D eigenvalue weighted by Gasteiger charge is -2.26.